The van der Waals surface area contributed by atoms with E-state index in [1.165, 1.54) is 0 Å². The number of benzene rings is 1. The molecule has 1 aliphatic heterocycles. The van der Waals surface area contributed by atoms with Crippen LogP contribution in [0.15, 0.2) is 22.7 Å². The van der Waals surface area contributed by atoms with Gasteiger partial charge in [-0.25, -0.2) is 0 Å². The highest BCUT2D eigenvalue weighted by Gasteiger charge is 2.24. The molecule has 5 heteroatoms. The van der Waals surface area contributed by atoms with Crippen LogP contribution < -0.4 is 0 Å². The monoisotopic (exact) mass is 317 g/mol. The van der Waals surface area contributed by atoms with Crippen molar-refractivity contribution in [3.8, 4) is 0 Å². The van der Waals surface area contributed by atoms with E-state index in [4.69, 9.17) is 11.6 Å². The number of likely N-dealkylation sites (tertiary alicyclic amines) is 1. The Morgan fingerprint density at radius 2 is 2.29 bits per heavy atom. The van der Waals surface area contributed by atoms with Gasteiger partial charge in [0, 0.05) is 17.6 Å². The van der Waals surface area contributed by atoms with E-state index in [1.807, 2.05) is 0 Å². The molecule has 1 heterocycles. The molecule has 1 aromatic carbocycles. The fourth-order valence-electron chi connectivity index (χ4n) is 1.98. The molecule has 2 rings (SSSR count). The SMILES string of the molecule is O=C(c1cccc(Br)c1Cl)N1CCCC(O)C1. The van der Waals surface area contributed by atoms with Gasteiger partial charge in [-0.3, -0.25) is 4.79 Å². The summed E-state index contributed by atoms with van der Waals surface area (Å²) in [7, 11) is 0. The maximum atomic E-state index is 12.2. The number of aliphatic hydroxyl groups is 1. The van der Waals surface area contributed by atoms with Gasteiger partial charge in [0.2, 0.25) is 0 Å². The Labute approximate surface area is 114 Å². The number of hydrogen-bond donors (Lipinski definition) is 1. The van der Waals surface area contributed by atoms with Gasteiger partial charge in [-0.05, 0) is 40.9 Å². The molecule has 0 radical (unpaired) electrons. The average molecular weight is 319 g/mol. The van der Waals surface area contributed by atoms with Gasteiger partial charge in [-0.1, -0.05) is 17.7 Å². The minimum Gasteiger partial charge on any atom is -0.391 e. The third-order valence-electron chi connectivity index (χ3n) is 2.87. The highest BCUT2D eigenvalue weighted by Crippen LogP contribution is 2.27. The summed E-state index contributed by atoms with van der Waals surface area (Å²) in [5.41, 5.74) is 0.482. The molecule has 17 heavy (non-hydrogen) atoms. The van der Waals surface area contributed by atoms with E-state index < -0.39 is 6.10 Å². The number of hydrogen-bond acceptors (Lipinski definition) is 2. The number of piperidine rings is 1. The molecule has 92 valence electrons. The number of carbonyl (C=O) groups excluding carboxylic acids is 1. The average Bonchev–Trinajstić information content (AvgIpc) is 2.32. The van der Waals surface area contributed by atoms with E-state index in [-0.39, 0.29) is 5.91 Å². The normalized spacial score (nSPS) is 20.4. The Morgan fingerprint density at radius 1 is 1.53 bits per heavy atom. The predicted octanol–water partition coefficient (Wildman–Crippen LogP) is 2.70. The molecular weight excluding hydrogens is 305 g/mol. The van der Waals surface area contributed by atoms with Crippen molar-refractivity contribution in [3.05, 3.63) is 33.3 Å². The van der Waals surface area contributed by atoms with Crippen molar-refractivity contribution in [2.24, 2.45) is 0 Å². The Morgan fingerprint density at radius 3 is 3.00 bits per heavy atom. The lowest BCUT2D eigenvalue weighted by molar-refractivity contribution is 0.0474. The number of halogens is 2. The van der Waals surface area contributed by atoms with Gasteiger partial charge in [0.25, 0.3) is 5.91 Å². The zero-order valence-corrected chi connectivity index (χ0v) is 11.5. The van der Waals surface area contributed by atoms with Crippen LogP contribution in [-0.2, 0) is 0 Å². The summed E-state index contributed by atoms with van der Waals surface area (Å²) in [4.78, 5) is 13.9. The van der Waals surface area contributed by atoms with Gasteiger partial charge in [0.15, 0.2) is 0 Å². The van der Waals surface area contributed by atoms with E-state index in [1.54, 1.807) is 23.1 Å². The summed E-state index contributed by atoms with van der Waals surface area (Å²) in [5, 5.41) is 9.99. The number of aliphatic hydroxyl groups excluding tert-OH is 1. The lowest BCUT2D eigenvalue weighted by Crippen LogP contribution is -2.42. The largest absolute Gasteiger partial charge is 0.391 e. The molecule has 0 aliphatic carbocycles. The van der Waals surface area contributed by atoms with Crippen LogP contribution in [0.4, 0.5) is 0 Å². The third kappa shape index (κ3) is 2.81. The highest BCUT2D eigenvalue weighted by atomic mass is 79.9. The lowest BCUT2D eigenvalue weighted by atomic mass is 10.1. The topological polar surface area (TPSA) is 40.5 Å². The second-order valence-electron chi connectivity index (χ2n) is 4.15. The van der Waals surface area contributed by atoms with Crippen molar-refractivity contribution in [1.82, 2.24) is 4.90 Å². The standard InChI is InChI=1S/C12H13BrClNO2/c13-10-5-1-4-9(11(10)14)12(17)15-6-2-3-8(16)7-15/h1,4-5,8,16H,2-3,6-7H2. The van der Waals surface area contributed by atoms with Crippen LogP contribution in [0.25, 0.3) is 0 Å². The van der Waals surface area contributed by atoms with Crippen LogP contribution in [0, 0.1) is 0 Å². The second kappa shape index (κ2) is 5.38. The van der Waals surface area contributed by atoms with E-state index >= 15 is 0 Å². The Bertz CT molecular complexity index is 439. The van der Waals surface area contributed by atoms with Gasteiger partial charge in [0.1, 0.15) is 0 Å². The molecular formula is C12H13BrClNO2. The summed E-state index contributed by atoms with van der Waals surface area (Å²) in [5.74, 6) is -0.116. The Kier molecular flexibility index (Phi) is 4.07. The van der Waals surface area contributed by atoms with E-state index in [0.29, 0.717) is 28.1 Å². The van der Waals surface area contributed by atoms with Gasteiger partial charge in [0.05, 0.1) is 16.7 Å². The smallest absolute Gasteiger partial charge is 0.255 e. The lowest BCUT2D eigenvalue weighted by Gasteiger charge is -2.30. The zero-order chi connectivity index (χ0) is 12.4. The molecule has 1 saturated heterocycles. The minimum absolute atomic E-state index is 0.116. The third-order valence-corrected chi connectivity index (χ3v) is 4.16. The van der Waals surface area contributed by atoms with Crippen LogP contribution in [0.2, 0.25) is 5.02 Å². The second-order valence-corrected chi connectivity index (χ2v) is 5.38. The summed E-state index contributed by atoms with van der Waals surface area (Å²) in [6, 6.07) is 5.28. The number of β-amino-alcohol motifs (C(OH)–C–C–N with tert-alkyl or cyclic N) is 1. The Balaban J connectivity index is 2.22. The highest BCUT2D eigenvalue weighted by molar-refractivity contribution is 9.10. The van der Waals surface area contributed by atoms with Crippen LogP contribution in [-0.4, -0.2) is 35.1 Å². The van der Waals surface area contributed by atoms with Crippen molar-refractivity contribution < 1.29 is 9.90 Å². The van der Waals surface area contributed by atoms with Crippen LogP contribution in [0.5, 0.6) is 0 Å². The van der Waals surface area contributed by atoms with Gasteiger partial charge >= 0.3 is 0 Å². The first-order chi connectivity index (χ1) is 8.09. The van der Waals surface area contributed by atoms with E-state index in [0.717, 1.165) is 12.8 Å². The van der Waals surface area contributed by atoms with Crippen LogP contribution in [0.1, 0.15) is 23.2 Å². The van der Waals surface area contributed by atoms with Crippen molar-refractivity contribution in [1.29, 1.82) is 0 Å². The minimum atomic E-state index is -0.418. The molecule has 1 amide bonds. The quantitative estimate of drug-likeness (QED) is 0.865. The molecule has 1 aromatic rings. The fraction of sp³-hybridized carbons (Fsp3) is 0.417. The molecule has 0 bridgehead atoms. The fourth-order valence-corrected chi connectivity index (χ4v) is 2.55. The first-order valence-corrected chi connectivity index (χ1v) is 6.68. The number of nitrogens with zero attached hydrogens (tertiary/aromatic N) is 1. The molecule has 0 spiro atoms. The van der Waals surface area contributed by atoms with Crippen molar-refractivity contribution >= 4 is 33.4 Å². The Hall–Kier alpha value is -0.580. The molecule has 1 N–H and O–H groups in total. The first-order valence-electron chi connectivity index (χ1n) is 5.51. The van der Waals surface area contributed by atoms with Crippen molar-refractivity contribution in [2.75, 3.05) is 13.1 Å². The van der Waals surface area contributed by atoms with Gasteiger partial charge in [-0.2, -0.15) is 0 Å². The molecule has 1 fully saturated rings. The first kappa shape index (κ1) is 12.9. The maximum absolute atomic E-state index is 12.2. The predicted molar refractivity (Wildman–Crippen MR) is 70.3 cm³/mol. The van der Waals surface area contributed by atoms with Crippen LogP contribution in [0.3, 0.4) is 0 Å². The maximum Gasteiger partial charge on any atom is 0.255 e. The summed E-state index contributed by atoms with van der Waals surface area (Å²) in [6.45, 7) is 1.07. The molecule has 3 nitrogen and oxygen atoms in total. The van der Waals surface area contributed by atoms with E-state index in [9.17, 15) is 9.90 Å². The molecule has 0 aromatic heterocycles. The van der Waals surface area contributed by atoms with E-state index in [2.05, 4.69) is 15.9 Å². The summed E-state index contributed by atoms with van der Waals surface area (Å²) in [6.07, 6.45) is 1.17. The molecule has 0 saturated carbocycles. The number of rotatable bonds is 1. The summed E-state index contributed by atoms with van der Waals surface area (Å²) >= 11 is 9.38. The number of amides is 1. The van der Waals surface area contributed by atoms with Gasteiger partial charge in [-0.15, -0.1) is 0 Å². The molecule has 1 atom stereocenters. The number of carbonyl (C=O) groups is 1. The van der Waals surface area contributed by atoms with Crippen LogP contribution >= 0.6 is 27.5 Å². The zero-order valence-electron chi connectivity index (χ0n) is 9.20. The van der Waals surface area contributed by atoms with Crippen molar-refractivity contribution in [2.45, 2.75) is 18.9 Å². The van der Waals surface area contributed by atoms with Gasteiger partial charge < -0.3 is 10.0 Å². The molecule has 1 unspecified atom stereocenters. The molecule has 1 aliphatic rings. The summed E-state index contributed by atoms with van der Waals surface area (Å²) < 4.78 is 0.711. The van der Waals surface area contributed by atoms with Crippen molar-refractivity contribution in [3.63, 3.8) is 0 Å².